The molecule has 2 atom stereocenters. The first-order chi connectivity index (χ1) is 16.2. The third-order valence-electron chi connectivity index (χ3n) is 6.83. The van der Waals surface area contributed by atoms with Crippen molar-refractivity contribution in [3.05, 3.63) is 69.3 Å². The molecule has 0 saturated carbocycles. The fourth-order valence-electron chi connectivity index (χ4n) is 5.39. The van der Waals surface area contributed by atoms with Crippen molar-refractivity contribution in [3.8, 4) is 17.2 Å². The highest BCUT2D eigenvalue weighted by molar-refractivity contribution is 6.43. The molecular weight excluding hydrogens is 440 g/mol. The Morgan fingerprint density at radius 1 is 0.853 bits per heavy atom. The van der Waals surface area contributed by atoms with Crippen molar-refractivity contribution >= 4 is 33.9 Å². The number of phenolic OH excluding ortho intramolecular Hbond substituents is 3. The summed E-state index contributed by atoms with van der Waals surface area (Å²) < 4.78 is 5.24. The number of cyclic esters (lactones) is 1. The molecule has 0 spiro atoms. The van der Waals surface area contributed by atoms with E-state index in [1.54, 1.807) is 13.0 Å². The molecule has 1 heterocycles. The molecule has 0 fully saturated rings. The lowest BCUT2D eigenvalue weighted by Gasteiger charge is -2.33. The van der Waals surface area contributed by atoms with Gasteiger partial charge in [-0.3, -0.25) is 9.59 Å². The average Bonchev–Trinajstić information content (AvgIpc) is 2.76. The summed E-state index contributed by atoms with van der Waals surface area (Å²) in [7, 11) is 0. The monoisotopic (exact) mass is 458 g/mol. The van der Waals surface area contributed by atoms with Gasteiger partial charge in [-0.15, -0.1) is 0 Å². The van der Waals surface area contributed by atoms with E-state index in [-0.39, 0.29) is 56.3 Å². The molecule has 3 aromatic carbocycles. The van der Waals surface area contributed by atoms with E-state index in [1.165, 1.54) is 24.3 Å². The maximum Gasteiger partial charge on any atom is 0.342 e. The minimum atomic E-state index is -1.33. The Bertz CT molecular complexity index is 1540. The van der Waals surface area contributed by atoms with Crippen molar-refractivity contribution in [3.63, 3.8) is 0 Å². The first kappa shape index (κ1) is 20.4. The number of hydrogen-bond acceptors (Lipinski definition) is 8. The first-order valence-electron chi connectivity index (χ1n) is 10.8. The van der Waals surface area contributed by atoms with Crippen LogP contribution >= 0.6 is 0 Å². The summed E-state index contributed by atoms with van der Waals surface area (Å²) in [5, 5.41) is 43.5. The summed E-state index contributed by atoms with van der Waals surface area (Å²) in [6.07, 6.45) is -1.42. The third kappa shape index (κ3) is 2.48. The van der Waals surface area contributed by atoms with Gasteiger partial charge in [-0.05, 0) is 30.2 Å². The SMILES string of the molecule is CC1Cc2cc3c(c(O)c2C(=O)O1)C1=C(C(=O)c2cc4c(O)cccc4c(O)c2C1=O)C(O)C3. The quantitative estimate of drug-likeness (QED) is 0.377. The number of esters is 1. The van der Waals surface area contributed by atoms with Crippen molar-refractivity contribution in [2.24, 2.45) is 0 Å². The molecule has 2 unspecified atom stereocenters. The highest BCUT2D eigenvalue weighted by Crippen LogP contribution is 2.49. The molecule has 34 heavy (non-hydrogen) atoms. The summed E-state index contributed by atoms with van der Waals surface area (Å²) in [6, 6.07) is 7.35. The fraction of sp³-hybridized carbons (Fsp3) is 0.192. The highest BCUT2D eigenvalue weighted by atomic mass is 16.5. The van der Waals surface area contributed by atoms with E-state index < -0.39 is 41.2 Å². The van der Waals surface area contributed by atoms with Gasteiger partial charge in [-0.2, -0.15) is 0 Å². The van der Waals surface area contributed by atoms with Crippen molar-refractivity contribution in [1.29, 1.82) is 0 Å². The van der Waals surface area contributed by atoms with Gasteiger partial charge in [0.05, 0.1) is 11.7 Å². The average molecular weight is 458 g/mol. The number of aromatic hydroxyl groups is 3. The number of aliphatic hydroxyl groups is 1. The molecule has 0 saturated heterocycles. The van der Waals surface area contributed by atoms with Crippen molar-refractivity contribution in [2.45, 2.75) is 32.0 Å². The van der Waals surface area contributed by atoms with Gasteiger partial charge in [-0.25, -0.2) is 4.79 Å². The van der Waals surface area contributed by atoms with Crippen LogP contribution in [-0.2, 0) is 17.6 Å². The van der Waals surface area contributed by atoms with E-state index >= 15 is 0 Å². The van der Waals surface area contributed by atoms with Crippen molar-refractivity contribution < 1.29 is 39.5 Å². The summed E-state index contributed by atoms with van der Waals surface area (Å²) in [5.41, 5.74) is -0.00961. The number of carbonyl (C=O) groups is 3. The van der Waals surface area contributed by atoms with E-state index in [0.29, 0.717) is 17.5 Å². The molecule has 0 radical (unpaired) electrons. The molecular formula is C26H18O8. The van der Waals surface area contributed by atoms with Gasteiger partial charge >= 0.3 is 5.97 Å². The van der Waals surface area contributed by atoms with Gasteiger partial charge in [-0.1, -0.05) is 18.2 Å². The second kappa shape index (κ2) is 6.68. The van der Waals surface area contributed by atoms with E-state index in [2.05, 4.69) is 0 Å². The minimum Gasteiger partial charge on any atom is -0.507 e. The molecule has 170 valence electrons. The van der Waals surface area contributed by atoms with Crippen molar-refractivity contribution in [2.75, 3.05) is 0 Å². The predicted octanol–water partition coefficient (Wildman–Crippen LogP) is 2.81. The molecule has 6 rings (SSSR count). The summed E-state index contributed by atoms with van der Waals surface area (Å²) in [6.45, 7) is 1.72. The Morgan fingerprint density at radius 3 is 2.35 bits per heavy atom. The Kier molecular flexibility index (Phi) is 4.01. The molecule has 3 aliphatic rings. The lowest BCUT2D eigenvalue weighted by Crippen LogP contribution is -2.34. The number of ether oxygens (including phenoxy) is 1. The standard InChI is InChI=1S/C26H18O8/c1-9-5-10-6-11-7-16(28)20-21(17(11)24(31)18(10)26(33)34-9)25(32)19-14(23(20)30)8-13-12(22(19)29)3-2-4-15(13)27/h2-4,6,8-9,16,27-29,31H,5,7H2,1H3. The van der Waals surface area contributed by atoms with Crippen LogP contribution in [0.15, 0.2) is 35.9 Å². The van der Waals surface area contributed by atoms with Gasteiger partial charge < -0.3 is 25.2 Å². The highest BCUT2D eigenvalue weighted by Gasteiger charge is 2.44. The van der Waals surface area contributed by atoms with Crippen LogP contribution < -0.4 is 0 Å². The number of rotatable bonds is 0. The normalized spacial score (nSPS) is 21.1. The van der Waals surface area contributed by atoms with Gasteiger partial charge in [0.1, 0.15) is 28.9 Å². The van der Waals surface area contributed by atoms with Crippen LogP contribution in [0.25, 0.3) is 16.3 Å². The minimum absolute atomic E-state index is 0.00930. The van der Waals surface area contributed by atoms with Gasteiger partial charge in [0.25, 0.3) is 0 Å². The summed E-state index contributed by atoms with van der Waals surface area (Å²) in [5.74, 6) is -3.34. The second-order valence-corrected chi connectivity index (χ2v) is 8.90. The smallest absolute Gasteiger partial charge is 0.342 e. The molecule has 2 aliphatic carbocycles. The maximum absolute atomic E-state index is 13.7. The number of hydrogen-bond donors (Lipinski definition) is 4. The number of Topliss-reactive ketones (excluding diaryl/α,β-unsaturated/α-hetero) is 2. The number of aliphatic hydroxyl groups excluding tert-OH is 1. The van der Waals surface area contributed by atoms with Crippen LogP contribution in [0.3, 0.4) is 0 Å². The largest absolute Gasteiger partial charge is 0.507 e. The zero-order valence-electron chi connectivity index (χ0n) is 17.9. The van der Waals surface area contributed by atoms with Crippen LogP contribution in [0.2, 0.25) is 0 Å². The van der Waals surface area contributed by atoms with Gasteiger partial charge in [0.2, 0.25) is 0 Å². The number of allylic oxidation sites excluding steroid dienone is 1. The molecule has 1 aliphatic heterocycles. The predicted molar refractivity (Wildman–Crippen MR) is 119 cm³/mol. The lowest BCUT2D eigenvalue weighted by atomic mass is 9.71. The zero-order valence-corrected chi connectivity index (χ0v) is 17.9. The van der Waals surface area contributed by atoms with Crippen LogP contribution in [0, 0.1) is 0 Å². The number of benzene rings is 3. The first-order valence-corrected chi connectivity index (χ1v) is 10.8. The molecule has 0 amide bonds. The number of fused-ring (bicyclic) bond motifs is 5. The van der Waals surface area contributed by atoms with E-state index in [9.17, 15) is 34.8 Å². The number of carbonyl (C=O) groups excluding carboxylic acids is 3. The Labute approximate surface area is 192 Å². The van der Waals surface area contributed by atoms with Gasteiger partial charge in [0, 0.05) is 45.9 Å². The molecule has 3 aromatic rings. The number of phenols is 3. The zero-order chi connectivity index (χ0) is 24.0. The Balaban J connectivity index is 1.66. The molecule has 0 aromatic heterocycles. The molecule has 4 N–H and O–H groups in total. The topological polar surface area (TPSA) is 141 Å². The van der Waals surface area contributed by atoms with E-state index in [4.69, 9.17) is 4.74 Å². The van der Waals surface area contributed by atoms with Crippen LogP contribution in [0.5, 0.6) is 17.2 Å². The summed E-state index contributed by atoms with van der Waals surface area (Å²) >= 11 is 0. The third-order valence-corrected chi connectivity index (χ3v) is 6.83. The molecule has 0 bridgehead atoms. The summed E-state index contributed by atoms with van der Waals surface area (Å²) in [4.78, 5) is 39.8. The fourth-order valence-corrected chi connectivity index (χ4v) is 5.39. The van der Waals surface area contributed by atoms with Crippen LogP contribution in [0.4, 0.5) is 0 Å². The van der Waals surface area contributed by atoms with Crippen molar-refractivity contribution in [1.82, 2.24) is 0 Å². The molecule has 8 nitrogen and oxygen atoms in total. The molecule has 8 heteroatoms. The van der Waals surface area contributed by atoms with E-state index in [1.807, 2.05) is 0 Å². The maximum atomic E-state index is 13.7. The lowest BCUT2D eigenvalue weighted by molar-refractivity contribution is 0.0296. The number of ketones is 2. The Hall–Kier alpha value is -4.17. The van der Waals surface area contributed by atoms with Crippen LogP contribution in [0.1, 0.15) is 54.7 Å². The van der Waals surface area contributed by atoms with Crippen LogP contribution in [-0.4, -0.2) is 50.2 Å². The second-order valence-electron chi connectivity index (χ2n) is 8.90. The van der Waals surface area contributed by atoms with Gasteiger partial charge in [0.15, 0.2) is 11.6 Å². The Morgan fingerprint density at radius 2 is 1.59 bits per heavy atom. The van der Waals surface area contributed by atoms with E-state index in [0.717, 1.165) is 0 Å².